The number of hydrogen-bond acceptors (Lipinski definition) is 5. The summed E-state index contributed by atoms with van der Waals surface area (Å²) in [6.45, 7) is 4.66. The lowest BCUT2D eigenvalue weighted by molar-refractivity contribution is -0.138. The number of rotatable bonds is 5. The van der Waals surface area contributed by atoms with Gasteiger partial charge in [0.1, 0.15) is 11.8 Å². The second-order valence-corrected chi connectivity index (χ2v) is 9.14. The van der Waals surface area contributed by atoms with E-state index in [4.69, 9.17) is 4.42 Å². The number of piperidine rings is 1. The van der Waals surface area contributed by atoms with Crippen LogP contribution < -0.4 is 5.32 Å². The third-order valence-electron chi connectivity index (χ3n) is 5.92. The minimum Gasteiger partial charge on any atom is -0.468 e. The molecule has 2 amide bonds. The molecule has 0 saturated carbocycles. The molecule has 3 saturated heterocycles. The van der Waals surface area contributed by atoms with Gasteiger partial charge in [-0.15, -0.1) is 11.8 Å². The molecule has 1 N–H and O–H groups in total. The molecule has 0 aromatic carbocycles. The Bertz CT molecular complexity index is 659. The van der Waals surface area contributed by atoms with Crippen LogP contribution in [0.5, 0.6) is 0 Å². The number of furan rings is 1. The number of likely N-dealkylation sites (tertiary alicyclic amines) is 1. The molecule has 0 unspecified atom stereocenters. The molecule has 6 nitrogen and oxygen atoms in total. The molecule has 0 spiro atoms. The van der Waals surface area contributed by atoms with Crippen molar-refractivity contribution in [3.05, 3.63) is 24.2 Å². The van der Waals surface area contributed by atoms with Gasteiger partial charge in [0, 0.05) is 18.7 Å². The summed E-state index contributed by atoms with van der Waals surface area (Å²) >= 11 is 1.73. The Labute approximate surface area is 158 Å². The smallest absolute Gasteiger partial charge is 0.243 e. The number of thioether (sulfide) groups is 1. The molecule has 0 bridgehead atoms. The van der Waals surface area contributed by atoms with Gasteiger partial charge in [0.15, 0.2) is 0 Å². The largest absolute Gasteiger partial charge is 0.468 e. The molecule has 142 valence electrons. The van der Waals surface area contributed by atoms with Gasteiger partial charge in [0.05, 0.1) is 17.2 Å². The molecule has 1 aromatic heterocycles. The van der Waals surface area contributed by atoms with E-state index >= 15 is 0 Å². The maximum atomic E-state index is 12.9. The van der Waals surface area contributed by atoms with E-state index in [9.17, 15) is 9.59 Å². The normalized spacial score (nSPS) is 30.4. The lowest BCUT2D eigenvalue weighted by Crippen LogP contribution is -2.51. The molecule has 3 aliphatic rings. The Balaban J connectivity index is 1.42. The summed E-state index contributed by atoms with van der Waals surface area (Å²) in [5.74, 6) is 1.65. The van der Waals surface area contributed by atoms with Gasteiger partial charge in [-0.05, 0) is 51.4 Å². The van der Waals surface area contributed by atoms with Crippen molar-refractivity contribution in [3.63, 3.8) is 0 Å². The predicted molar refractivity (Wildman–Crippen MR) is 101 cm³/mol. The quantitative estimate of drug-likeness (QED) is 0.853. The van der Waals surface area contributed by atoms with E-state index in [0.29, 0.717) is 18.7 Å². The highest BCUT2D eigenvalue weighted by Gasteiger charge is 2.52. The van der Waals surface area contributed by atoms with Gasteiger partial charge in [0.25, 0.3) is 0 Å². The van der Waals surface area contributed by atoms with E-state index in [1.165, 1.54) is 19.3 Å². The summed E-state index contributed by atoms with van der Waals surface area (Å²) in [6.07, 6.45) is 6.72. The molecule has 0 aliphatic carbocycles. The van der Waals surface area contributed by atoms with Crippen LogP contribution >= 0.6 is 11.8 Å². The van der Waals surface area contributed by atoms with Crippen molar-refractivity contribution < 1.29 is 14.0 Å². The molecule has 3 aliphatic heterocycles. The summed E-state index contributed by atoms with van der Waals surface area (Å²) in [5, 5.41) is 3.11. The predicted octanol–water partition coefficient (Wildman–Crippen LogP) is 2.38. The first-order chi connectivity index (χ1) is 12.6. The van der Waals surface area contributed by atoms with Crippen LogP contribution in [-0.4, -0.2) is 57.9 Å². The average molecular weight is 378 g/mol. The fraction of sp³-hybridized carbons (Fsp3) is 0.684. The topological polar surface area (TPSA) is 65.8 Å². The number of nitrogens with one attached hydrogen (secondary N) is 1. The van der Waals surface area contributed by atoms with Gasteiger partial charge in [0.2, 0.25) is 11.8 Å². The third-order valence-corrected chi connectivity index (χ3v) is 7.43. The molecule has 3 fully saturated rings. The molecule has 0 radical (unpaired) electrons. The van der Waals surface area contributed by atoms with Crippen molar-refractivity contribution in [1.29, 1.82) is 0 Å². The Morgan fingerprint density at radius 3 is 2.96 bits per heavy atom. The van der Waals surface area contributed by atoms with Gasteiger partial charge in [-0.25, -0.2) is 0 Å². The molecule has 3 atom stereocenters. The highest BCUT2D eigenvalue weighted by atomic mass is 32.2. The Morgan fingerprint density at radius 2 is 2.23 bits per heavy atom. The number of fused-ring (bicyclic) bond motifs is 1. The van der Waals surface area contributed by atoms with Gasteiger partial charge >= 0.3 is 0 Å². The molecule has 4 heterocycles. The SMILES string of the molecule is C[C@]12CCC(=O)N1[C@@H](C(=O)NC[C@H](c1ccco1)N1CCCCC1)CS2. The van der Waals surface area contributed by atoms with Crippen LogP contribution in [0.1, 0.15) is 50.8 Å². The summed E-state index contributed by atoms with van der Waals surface area (Å²) in [4.78, 5) is 29.1. The van der Waals surface area contributed by atoms with Crippen LogP contribution in [0.15, 0.2) is 22.8 Å². The minimum atomic E-state index is -0.349. The van der Waals surface area contributed by atoms with Crippen molar-refractivity contribution in [2.75, 3.05) is 25.4 Å². The summed E-state index contributed by atoms with van der Waals surface area (Å²) in [7, 11) is 0. The summed E-state index contributed by atoms with van der Waals surface area (Å²) in [5.41, 5.74) is 0. The molecular formula is C19H27N3O3S. The first-order valence-corrected chi connectivity index (χ1v) is 10.6. The Hall–Kier alpha value is -1.47. The monoisotopic (exact) mass is 377 g/mol. The van der Waals surface area contributed by atoms with Crippen LogP contribution in [0, 0.1) is 0 Å². The summed E-state index contributed by atoms with van der Waals surface area (Å²) < 4.78 is 5.65. The Kier molecular flexibility index (Phi) is 5.01. The van der Waals surface area contributed by atoms with Crippen molar-refractivity contribution in [3.8, 4) is 0 Å². The second-order valence-electron chi connectivity index (χ2n) is 7.64. The van der Waals surface area contributed by atoms with E-state index in [1.807, 2.05) is 17.0 Å². The standard InChI is InChI=1S/C19H27N3O3S/c1-19-8-7-17(23)22(19)15(13-26-19)18(24)20-12-14(16-6-5-11-25-16)21-9-3-2-4-10-21/h5-6,11,14-15H,2-4,7-10,12-13H2,1H3,(H,20,24)/t14-,15-,19+/m1/s1. The fourth-order valence-electron chi connectivity index (χ4n) is 4.45. The summed E-state index contributed by atoms with van der Waals surface area (Å²) in [6, 6.07) is 3.59. The van der Waals surface area contributed by atoms with Gasteiger partial charge in [-0.1, -0.05) is 6.42 Å². The van der Waals surface area contributed by atoms with Crippen LogP contribution in [0.4, 0.5) is 0 Å². The van der Waals surface area contributed by atoms with Crippen molar-refractivity contribution >= 4 is 23.6 Å². The van der Waals surface area contributed by atoms with Crippen molar-refractivity contribution in [2.45, 2.75) is 56.0 Å². The molecule has 7 heteroatoms. The maximum absolute atomic E-state index is 12.9. The number of carbonyl (C=O) groups is 2. The highest BCUT2D eigenvalue weighted by Crippen LogP contribution is 2.47. The van der Waals surface area contributed by atoms with E-state index < -0.39 is 0 Å². The van der Waals surface area contributed by atoms with Gasteiger partial charge in [-0.2, -0.15) is 0 Å². The lowest BCUT2D eigenvalue weighted by Gasteiger charge is -2.34. The van der Waals surface area contributed by atoms with Gasteiger partial charge < -0.3 is 14.6 Å². The zero-order valence-electron chi connectivity index (χ0n) is 15.3. The van der Waals surface area contributed by atoms with E-state index in [2.05, 4.69) is 17.1 Å². The van der Waals surface area contributed by atoms with E-state index in [-0.39, 0.29) is 28.8 Å². The van der Waals surface area contributed by atoms with E-state index in [0.717, 1.165) is 25.3 Å². The molecular weight excluding hydrogens is 350 g/mol. The minimum absolute atomic E-state index is 0.0370. The molecule has 4 rings (SSSR count). The number of carbonyl (C=O) groups excluding carboxylic acids is 2. The number of amides is 2. The second kappa shape index (κ2) is 7.27. The van der Waals surface area contributed by atoms with E-state index in [1.54, 1.807) is 18.0 Å². The number of nitrogens with zero attached hydrogens (tertiary/aromatic N) is 2. The maximum Gasteiger partial charge on any atom is 0.243 e. The van der Waals surface area contributed by atoms with Crippen LogP contribution in [0.2, 0.25) is 0 Å². The zero-order valence-corrected chi connectivity index (χ0v) is 16.1. The first-order valence-electron chi connectivity index (χ1n) is 9.60. The molecule has 26 heavy (non-hydrogen) atoms. The fourth-order valence-corrected chi connectivity index (χ4v) is 5.88. The number of hydrogen-bond donors (Lipinski definition) is 1. The van der Waals surface area contributed by atoms with Crippen molar-refractivity contribution in [1.82, 2.24) is 15.1 Å². The molecule has 1 aromatic rings. The van der Waals surface area contributed by atoms with Crippen molar-refractivity contribution in [2.24, 2.45) is 0 Å². The Morgan fingerprint density at radius 1 is 1.42 bits per heavy atom. The van der Waals surface area contributed by atoms with Gasteiger partial charge in [-0.3, -0.25) is 14.5 Å². The third kappa shape index (κ3) is 3.27. The zero-order chi connectivity index (χ0) is 18.1. The lowest BCUT2D eigenvalue weighted by atomic mass is 10.1. The highest BCUT2D eigenvalue weighted by molar-refractivity contribution is 8.01. The first kappa shape index (κ1) is 17.9. The van der Waals surface area contributed by atoms with Crippen LogP contribution in [-0.2, 0) is 9.59 Å². The van der Waals surface area contributed by atoms with Crippen LogP contribution in [0.25, 0.3) is 0 Å². The average Bonchev–Trinajstić information content (AvgIpc) is 3.35. The van der Waals surface area contributed by atoms with Crippen LogP contribution in [0.3, 0.4) is 0 Å².